The molecular formula is C10H11BrClNO. The van der Waals surface area contributed by atoms with Gasteiger partial charge < -0.3 is 10.1 Å². The third-order valence-corrected chi connectivity index (χ3v) is 3.04. The van der Waals surface area contributed by atoms with Gasteiger partial charge in [0, 0.05) is 11.1 Å². The van der Waals surface area contributed by atoms with E-state index in [1.807, 2.05) is 18.2 Å². The highest BCUT2D eigenvalue weighted by Gasteiger charge is 2.16. The zero-order valence-corrected chi connectivity index (χ0v) is 9.94. The maximum Gasteiger partial charge on any atom is 0.0668 e. The molecule has 0 aromatic heterocycles. The minimum atomic E-state index is 0.391. The average Bonchev–Trinajstić information content (AvgIpc) is 2.64. The lowest BCUT2D eigenvalue weighted by Crippen LogP contribution is -2.18. The van der Waals surface area contributed by atoms with Crippen molar-refractivity contribution in [1.82, 2.24) is 0 Å². The first-order chi connectivity index (χ1) is 6.75. The van der Waals surface area contributed by atoms with E-state index >= 15 is 0 Å². The molecule has 1 atom stereocenters. The van der Waals surface area contributed by atoms with Crippen LogP contribution in [0.25, 0.3) is 0 Å². The van der Waals surface area contributed by atoms with Crippen molar-refractivity contribution in [3.8, 4) is 0 Å². The van der Waals surface area contributed by atoms with Gasteiger partial charge in [0.25, 0.3) is 0 Å². The van der Waals surface area contributed by atoms with Gasteiger partial charge in [0.1, 0.15) is 0 Å². The third kappa shape index (κ3) is 2.41. The second-order valence-corrected chi connectivity index (χ2v) is 4.65. The number of halogens is 2. The summed E-state index contributed by atoms with van der Waals surface area (Å²) in [6.45, 7) is 1.60. The van der Waals surface area contributed by atoms with Crippen LogP contribution < -0.4 is 5.32 Å². The van der Waals surface area contributed by atoms with Gasteiger partial charge in [-0.05, 0) is 24.6 Å². The van der Waals surface area contributed by atoms with Gasteiger partial charge in [0.15, 0.2) is 0 Å². The fourth-order valence-electron chi connectivity index (χ4n) is 1.48. The Hall–Kier alpha value is -0.250. The summed E-state index contributed by atoms with van der Waals surface area (Å²) in [5.41, 5.74) is 0.969. The summed E-state index contributed by atoms with van der Waals surface area (Å²) in [4.78, 5) is 0. The molecule has 2 rings (SSSR count). The highest BCUT2D eigenvalue weighted by molar-refractivity contribution is 9.10. The summed E-state index contributed by atoms with van der Waals surface area (Å²) in [6.07, 6.45) is 1.04. The topological polar surface area (TPSA) is 21.3 Å². The van der Waals surface area contributed by atoms with E-state index in [0.29, 0.717) is 6.04 Å². The molecule has 0 spiro atoms. The first-order valence-corrected chi connectivity index (χ1v) is 5.72. The number of anilines is 1. The molecule has 1 fully saturated rings. The molecule has 0 amide bonds. The Bertz CT molecular complexity index is 326. The molecule has 1 saturated heterocycles. The standard InChI is InChI=1S/C10H11BrClNO/c11-7-1-2-9(12)10(5-7)13-8-3-4-14-6-8/h1-2,5,8,13H,3-4,6H2. The van der Waals surface area contributed by atoms with Crippen LogP contribution in [0.1, 0.15) is 6.42 Å². The molecule has 0 radical (unpaired) electrons. The van der Waals surface area contributed by atoms with Crippen molar-refractivity contribution < 1.29 is 4.74 Å². The van der Waals surface area contributed by atoms with Crippen molar-refractivity contribution in [2.24, 2.45) is 0 Å². The molecule has 1 aliphatic heterocycles. The van der Waals surface area contributed by atoms with E-state index in [9.17, 15) is 0 Å². The molecule has 1 unspecified atom stereocenters. The lowest BCUT2D eigenvalue weighted by Gasteiger charge is -2.13. The average molecular weight is 277 g/mol. The molecular weight excluding hydrogens is 265 g/mol. The van der Waals surface area contributed by atoms with E-state index in [-0.39, 0.29) is 0 Å². The molecule has 0 saturated carbocycles. The van der Waals surface area contributed by atoms with E-state index < -0.39 is 0 Å². The highest BCUT2D eigenvalue weighted by atomic mass is 79.9. The monoisotopic (exact) mass is 275 g/mol. The lowest BCUT2D eigenvalue weighted by molar-refractivity contribution is 0.195. The zero-order valence-electron chi connectivity index (χ0n) is 7.59. The van der Waals surface area contributed by atoms with Crippen molar-refractivity contribution in [2.45, 2.75) is 12.5 Å². The Morgan fingerprint density at radius 3 is 3.07 bits per heavy atom. The molecule has 1 aliphatic rings. The van der Waals surface area contributed by atoms with E-state index in [0.717, 1.165) is 34.8 Å². The van der Waals surface area contributed by atoms with Gasteiger partial charge in [0.05, 0.1) is 23.4 Å². The molecule has 1 heterocycles. The Morgan fingerprint density at radius 1 is 1.50 bits per heavy atom. The van der Waals surface area contributed by atoms with Crippen LogP contribution in [-0.4, -0.2) is 19.3 Å². The van der Waals surface area contributed by atoms with Crippen molar-refractivity contribution >= 4 is 33.2 Å². The molecule has 0 aliphatic carbocycles. The molecule has 14 heavy (non-hydrogen) atoms. The molecule has 1 N–H and O–H groups in total. The molecule has 0 bridgehead atoms. The second-order valence-electron chi connectivity index (χ2n) is 3.33. The zero-order chi connectivity index (χ0) is 9.97. The van der Waals surface area contributed by atoms with Crippen LogP contribution in [0, 0.1) is 0 Å². The fourth-order valence-corrected chi connectivity index (χ4v) is 2.01. The summed E-state index contributed by atoms with van der Waals surface area (Å²) in [5.74, 6) is 0. The maximum atomic E-state index is 6.05. The SMILES string of the molecule is Clc1ccc(Br)cc1NC1CCOC1. The van der Waals surface area contributed by atoms with Gasteiger partial charge in [-0.25, -0.2) is 0 Å². The smallest absolute Gasteiger partial charge is 0.0668 e. The second kappa shape index (κ2) is 4.51. The predicted molar refractivity (Wildman–Crippen MR) is 62.0 cm³/mol. The van der Waals surface area contributed by atoms with Gasteiger partial charge in [-0.2, -0.15) is 0 Å². The van der Waals surface area contributed by atoms with Crippen molar-refractivity contribution in [1.29, 1.82) is 0 Å². The largest absolute Gasteiger partial charge is 0.379 e. The Morgan fingerprint density at radius 2 is 2.36 bits per heavy atom. The van der Waals surface area contributed by atoms with Crippen LogP contribution in [0.2, 0.25) is 5.02 Å². The van der Waals surface area contributed by atoms with Crippen LogP contribution >= 0.6 is 27.5 Å². The number of benzene rings is 1. The van der Waals surface area contributed by atoms with Gasteiger partial charge in [-0.15, -0.1) is 0 Å². The van der Waals surface area contributed by atoms with E-state index in [2.05, 4.69) is 21.2 Å². The first-order valence-electron chi connectivity index (χ1n) is 4.55. The van der Waals surface area contributed by atoms with Crippen LogP contribution in [0.3, 0.4) is 0 Å². The molecule has 76 valence electrons. The van der Waals surface area contributed by atoms with Gasteiger partial charge >= 0.3 is 0 Å². The number of ether oxygens (including phenoxy) is 1. The summed E-state index contributed by atoms with van der Waals surface area (Å²) in [6, 6.07) is 6.19. The van der Waals surface area contributed by atoms with Crippen LogP contribution in [0.5, 0.6) is 0 Å². The van der Waals surface area contributed by atoms with Crippen LogP contribution in [0.15, 0.2) is 22.7 Å². The highest BCUT2D eigenvalue weighted by Crippen LogP contribution is 2.27. The maximum absolute atomic E-state index is 6.05. The van der Waals surface area contributed by atoms with Crippen molar-refractivity contribution in [2.75, 3.05) is 18.5 Å². The fraction of sp³-hybridized carbons (Fsp3) is 0.400. The summed E-state index contributed by atoms with van der Waals surface area (Å²) in [5, 5.41) is 4.11. The molecule has 1 aromatic carbocycles. The van der Waals surface area contributed by atoms with E-state index in [4.69, 9.17) is 16.3 Å². The number of hydrogen-bond acceptors (Lipinski definition) is 2. The quantitative estimate of drug-likeness (QED) is 0.895. The molecule has 4 heteroatoms. The van der Waals surface area contributed by atoms with Gasteiger partial charge in [-0.3, -0.25) is 0 Å². The summed E-state index contributed by atoms with van der Waals surface area (Å²) < 4.78 is 6.31. The Kier molecular flexibility index (Phi) is 3.31. The van der Waals surface area contributed by atoms with Crippen LogP contribution in [0.4, 0.5) is 5.69 Å². The minimum Gasteiger partial charge on any atom is -0.379 e. The van der Waals surface area contributed by atoms with E-state index in [1.165, 1.54) is 0 Å². The normalized spacial score (nSPS) is 21.1. The molecule has 1 aromatic rings. The van der Waals surface area contributed by atoms with Crippen molar-refractivity contribution in [3.63, 3.8) is 0 Å². The Balaban J connectivity index is 2.10. The number of hydrogen-bond donors (Lipinski definition) is 1. The number of rotatable bonds is 2. The minimum absolute atomic E-state index is 0.391. The van der Waals surface area contributed by atoms with E-state index in [1.54, 1.807) is 0 Å². The molecule has 2 nitrogen and oxygen atoms in total. The Labute approximate surface area is 96.7 Å². The predicted octanol–water partition coefficient (Wildman–Crippen LogP) is 3.30. The lowest BCUT2D eigenvalue weighted by atomic mass is 10.2. The summed E-state index contributed by atoms with van der Waals surface area (Å²) in [7, 11) is 0. The third-order valence-electron chi connectivity index (χ3n) is 2.22. The van der Waals surface area contributed by atoms with Crippen molar-refractivity contribution in [3.05, 3.63) is 27.7 Å². The van der Waals surface area contributed by atoms with Gasteiger partial charge in [0.2, 0.25) is 0 Å². The number of nitrogens with one attached hydrogen (secondary N) is 1. The summed E-state index contributed by atoms with van der Waals surface area (Å²) >= 11 is 9.47. The first kappa shape index (κ1) is 10.3. The van der Waals surface area contributed by atoms with Gasteiger partial charge in [-0.1, -0.05) is 27.5 Å². The van der Waals surface area contributed by atoms with Crippen LogP contribution in [-0.2, 0) is 4.74 Å².